The summed E-state index contributed by atoms with van der Waals surface area (Å²) < 4.78 is 45.4. The first-order chi connectivity index (χ1) is 28.0. The van der Waals surface area contributed by atoms with Crippen LogP contribution < -0.4 is 5.14 Å². The molecule has 0 bridgehead atoms. The highest BCUT2D eigenvalue weighted by Gasteiger charge is 2.25. The molecule has 22 heteroatoms. The van der Waals surface area contributed by atoms with Gasteiger partial charge >= 0.3 is 5.97 Å². The molecule has 320 valence electrons. The molecule has 4 heterocycles. The Kier molecular flexibility index (Phi) is 19.0. The fourth-order valence-corrected chi connectivity index (χ4v) is 6.84. The second-order valence-corrected chi connectivity index (χ2v) is 18.9. The van der Waals surface area contributed by atoms with Gasteiger partial charge in [0.1, 0.15) is 23.1 Å². The molecule has 0 spiro atoms. The summed E-state index contributed by atoms with van der Waals surface area (Å²) >= 11 is 34.2. The molecule has 0 amide bonds. The van der Waals surface area contributed by atoms with Gasteiger partial charge in [0.2, 0.25) is 10.0 Å². The topological polar surface area (TPSA) is 210 Å². The third kappa shape index (κ3) is 15.4. The Labute approximate surface area is 377 Å². The van der Waals surface area contributed by atoms with E-state index in [2.05, 4.69) is 25.1 Å². The van der Waals surface area contributed by atoms with Crippen LogP contribution in [0.2, 0.25) is 20.1 Å². The van der Waals surface area contributed by atoms with Gasteiger partial charge in [-0.2, -0.15) is 0 Å². The van der Waals surface area contributed by atoms with E-state index in [9.17, 15) is 31.5 Å². The average Bonchev–Trinajstić information content (AvgIpc) is 3.66. The fourth-order valence-electron chi connectivity index (χ4n) is 5.48. The zero-order chi connectivity index (χ0) is 44.9. The van der Waals surface area contributed by atoms with Crippen molar-refractivity contribution >= 4 is 101 Å². The number of sulfone groups is 1. The lowest BCUT2D eigenvalue weighted by molar-refractivity contribution is 0.0684. The van der Waals surface area contributed by atoms with Crippen LogP contribution in [0.1, 0.15) is 43.5 Å². The molecule has 0 fully saturated rings. The quantitative estimate of drug-likeness (QED) is 0.0982. The van der Waals surface area contributed by atoms with Crippen molar-refractivity contribution in [3.63, 3.8) is 0 Å². The number of carboxylic acid groups (broad SMARTS) is 1. The lowest BCUT2D eigenvalue weighted by Gasteiger charge is -2.13. The maximum absolute atomic E-state index is 12.8. The molecule has 6 aromatic rings. The van der Waals surface area contributed by atoms with Crippen LogP contribution in [-0.2, 0) is 33.0 Å². The number of hydrogen-bond donors (Lipinski definition) is 2. The predicted molar refractivity (Wildman–Crippen MR) is 238 cm³/mol. The van der Waals surface area contributed by atoms with Crippen molar-refractivity contribution in [2.45, 2.75) is 26.9 Å². The van der Waals surface area contributed by atoms with Crippen LogP contribution in [-0.4, -0.2) is 86.4 Å². The minimum Gasteiger partial charge on any atom is -0.477 e. The lowest BCUT2D eigenvalue weighted by atomic mass is 10.2. The van der Waals surface area contributed by atoms with Gasteiger partial charge in [-0.15, -0.1) is 23.2 Å². The van der Waals surface area contributed by atoms with Gasteiger partial charge in [-0.05, 0) is 85.6 Å². The van der Waals surface area contributed by atoms with Crippen molar-refractivity contribution in [2.75, 3.05) is 23.6 Å². The maximum atomic E-state index is 12.8. The van der Waals surface area contributed by atoms with Crippen molar-refractivity contribution in [1.29, 1.82) is 0 Å². The normalized spacial score (nSPS) is 11.0. The summed E-state index contributed by atoms with van der Waals surface area (Å²) in [4.78, 5) is 41.6. The minimum absolute atomic E-state index is 0.116. The fraction of sp³-hybridized carbons (Fsp3) is 0.211. The molecule has 0 aliphatic heterocycles. The maximum Gasteiger partial charge on any atom is 0.354 e. The number of Topliss-reactive ketones (excluding diaryl/α,β-unsaturated/α-hetero) is 1. The average molecular weight is 981 g/mol. The number of carboxylic acids is 1. The van der Waals surface area contributed by atoms with Crippen molar-refractivity contribution < 1.29 is 31.5 Å². The molecule has 3 N–H and O–H groups in total. The van der Waals surface area contributed by atoms with Crippen LogP contribution >= 0.6 is 69.6 Å². The molecule has 60 heavy (non-hydrogen) atoms. The highest BCUT2D eigenvalue weighted by Crippen LogP contribution is 2.29. The van der Waals surface area contributed by atoms with Crippen LogP contribution in [0.5, 0.6) is 0 Å². The number of nitrogens with two attached hydrogens (primary N) is 1. The number of imidazole rings is 2. The summed E-state index contributed by atoms with van der Waals surface area (Å²) in [5, 5.41) is 16.1. The Hall–Kier alpha value is -4.10. The van der Waals surface area contributed by atoms with E-state index in [-0.39, 0.29) is 29.8 Å². The van der Waals surface area contributed by atoms with Crippen LogP contribution in [0.15, 0.2) is 85.5 Å². The molecule has 0 aliphatic rings. The smallest absolute Gasteiger partial charge is 0.354 e. The predicted octanol–water partition coefficient (Wildman–Crippen LogP) is 8.47. The van der Waals surface area contributed by atoms with Gasteiger partial charge in [0.05, 0.1) is 36.1 Å². The number of benzene rings is 2. The van der Waals surface area contributed by atoms with E-state index >= 15 is 0 Å². The second kappa shape index (κ2) is 22.7. The van der Waals surface area contributed by atoms with Gasteiger partial charge in [0, 0.05) is 62.3 Å². The minimum atomic E-state index is -3.50. The van der Waals surface area contributed by atoms with E-state index in [1.807, 2.05) is 12.1 Å². The number of sulfonamides is 1. The Morgan fingerprint density at radius 2 is 1.08 bits per heavy atom. The lowest BCUT2D eigenvalue weighted by Crippen LogP contribution is -2.20. The molecule has 0 atom stereocenters. The van der Waals surface area contributed by atoms with E-state index in [1.54, 1.807) is 96.3 Å². The summed E-state index contributed by atoms with van der Waals surface area (Å²) in [6.07, 6.45) is 8.51. The summed E-state index contributed by atoms with van der Waals surface area (Å²) in [7, 11) is -6.66. The van der Waals surface area contributed by atoms with Crippen molar-refractivity contribution in [2.24, 2.45) is 5.14 Å². The van der Waals surface area contributed by atoms with E-state index in [1.165, 1.54) is 0 Å². The Morgan fingerprint density at radius 3 is 1.43 bits per heavy atom. The number of ketones is 1. The zero-order valence-corrected chi connectivity index (χ0v) is 38.3. The van der Waals surface area contributed by atoms with E-state index in [0.717, 1.165) is 18.1 Å². The Balaban J connectivity index is 0.000000274. The molecule has 0 unspecified atom stereocenters. The van der Waals surface area contributed by atoms with Gasteiger partial charge in [-0.1, -0.05) is 46.4 Å². The van der Waals surface area contributed by atoms with Crippen molar-refractivity contribution in [3.8, 4) is 22.8 Å². The van der Waals surface area contributed by atoms with E-state index in [0.29, 0.717) is 59.8 Å². The number of rotatable bonds is 10. The van der Waals surface area contributed by atoms with Crippen LogP contribution in [0.3, 0.4) is 0 Å². The standard InChI is InChI=1S/C19H17Cl2N3O3S.C17H13Cl2N3O2.CH2Cl2.CH5NO2S/c1-12-18(17(25)11-28(2,26)27)24(10-14-8-15(20)5-6-16(14)21)19(23-12)13-4-3-7-22-9-13;1-10-15(17(23)24)22(9-12-7-13(18)4-5-14(12)19)16(21-10)11-3-2-6-20-8-11;2-1-3;1-5(2,3)4/h3-9H,10-11H2,1-2H3;2-8H,9H2,1H3,(H,23,24);1H2;1H3,(H2,2,3,4). The third-order valence-corrected chi connectivity index (χ3v) is 9.65. The van der Waals surface area contributed by atoms with Gasteiger partial charge < -0.3 is 14.2 Å². The summed E-state index contributed by atoms with van der Waals surface area (Å²) in [5.41, 5.74) is 4.03. The monoisotopic (exact) mass is 977 g/mol. The number of hydrogen-bond acceptors (Lipinski definition) is 10. The highest BCUT2D eigenvalue weighted by molar-refractivity contribution is 7.91. The molecule has 0 aliphatic carbocycles. The number of carbonyl (C=O) groups excluding carboxylic acids is 1. The number of carbonyl (C=O) groups is 2. The number of pyridine rings is 2. The summed E-state index contributed by atoms with van der Waals surface area (Å²) in [6, 6.07) is 17.3. The number of aryl methyl sites for hydroxylation is 2. The van der Waals surface area contributed by atoms with Gasteiger partial charge in [-0.3, -0.25) is 14.8 Å². The van der Waals surface area contributed by atoms with E-state index < -0.39 is 37.4 Å². The Bertz CT molecular complexity index is 2660. The molecule has 14 nitrogen and oxygen atoms in total. The van der Waals surface area contributed by atoms with Crippen LogP contribution in [0.4, 0.5) is 0 Å². The molecular formula is C38H37Cl6N7O7S2. The first kappa shape index (κ1) is 50.3. The summed E-state index contributed by atoms with van der Waals surface area (Å²) in [5.74, 6) is -1.16. The SMILES string of the molecule is CS(N)(=O)=O.Cc1nc(-c2cccnc2)n(Cc2cc(Cl)ccc2Cl)c1C(=O)CS(C)(=O)=O.Cc1nc(-c2cccnc2)n(Cc2cc(Cl)ccc2Cl)c1C(=O)O.ClCCl. The highest BCUT2D eigenvalue weighted by atomic mass is 35.5. The molecule has 0 radical (unpaired) electrons. The molecule has 6 rings (SSSR count). The largest absolute Gasteiger partial charge is 0.477 e. The number of alkyl halides is 2. The summed E-state index contributed by atoms with van der Waals surface area (Å²) in [6.45, 7) is 3.78. The third-order valence-electron chi connectivity index (χ3n) is 7.66. The second-order valence-electron chi connectivity index (χ2n) is 12.6. The van der Waals surface area contributed by atoms with Crippen molar-refractivity contribution in [1.82, 2.24) is 29.1 Å². The van der Waals surface area contributed by atoms with Crippen molar-refractivity contribution in [3.05, 3.63) is 139 Å². The Morgan fingerprint density at radius 1 is 0.700 bits per heavy atom. The number of aromatic nitrogens is 6. The van der Waals surface area contributed by atoms with Crippen LogP contribution in [0, 0.1) is 13.8 Å². The number of halogens is 6. The molecule has 0 saturated carbocycles. The number of nitrogens with zero attached hydrogens (tertiary/aromatic N) is 6. The molecular weight excluding hydrogens is 943 g/mol. The van der Waals surface area contributed by atoms with Gasteiger partial charge in [0.15, 0.2) is 21.3 Å². The first-order valence-corrected chi connectivity index (χ1v) is 23.5. The molecule has 2 aromatic carbocycles. The van der Waals surface area contributed by atoms with E-state index in [4.69, 9.17) is 69.6 Å². The zero-order valence-electron chi connectivity index (χ0n) is 32.2. The number of aromatic carboxylic acids is 1. The van der Waals surface area contributed by atoms with Gasteiger partial charge in [-0.25, -0.2) is 36.7 Å². The van der Waals surface area contributed by atoms with Crippen LogP contribution in [0.25, 0.3) is 22.8 Å². The molecule has 4 aromatic heterocycles. The number of primary sulfonamides is 1. The van der Waals surface area contributed by atoms with Gasteiger partial charge in [0.25, 0.3) is 0 Å². The molecule has 0 saturated heterocycles. The first-order valence-electron chi connectivity index (χ1n) is 16.9.